The van der Waals surface area contributed by atoms with Crippen molar-refractivity contribution in [3.63, 3.8) is 0 Å². The highest BCUT2D eigenvalue weighted by molar-refractivity contribution is 6.13. The Bertz CT molecular complexity index is 2020. The van der Waals surface area contributed by atoms with Gasteiger partial charge in [0.25, 0.3) is 11.8 Å². The van der Waals surface area contributed by atoms with Crippen LogP contribution in [0.15, 0.2) is 60.8 Å². The zero-order valence-corrected chi connectivity index (χ0v) is 30.5. The number of fused-ring (bicyclic) bond motifs is 2. The van der Waals surface area contributed by atoms with E-state index in [2.05, 4.69) is 30.8 Å². The number of hydrogen-bond donors (Lipinski definition) is 1. The first-order valence-electron chi connectivity index (χ1n) is 17.5. The Morgan fingerprint density at radius 1 is 1.10 bits per heavy atom. The molecule has 2 aromatic heterocycles. The number of rotatable bonds is 9. The van der Waals surface area contributed by atoms with Gasteiger partial charge in [0.15, 0.2) is 5.65 Å². The summed E-state index contributed by atoms with van der Waals surface area (Å²) in [5.41, 5.74) is 3.51. The van der Waals surface area contributed by atoms with Crippen molar-refractivity contribution in [1.29, 1.82) is 0 Å². The maximum Gasteiger partial charge on any atom is 0.410 e. The molecule has 4 heterocycles. The number of likely N-dealkylation sites (tertiary alicyclic amines) is 1. The molecule has 0 spiro atoms. The van der Waals surface area contributed by atoms with E-state index in [1.807, 2.05) is 39.0 Å². The van der Waals surface area contributed by atoms with Gasteiger partial charge in [0.1, 0.15) is 11.7 Å². The van der Waals surface area contributed by atoms with Crippen molar-refractivity contribution in [3.05, 3.63) is 83.1 Å². The van der Waals surface area contributed by atoms with Crippen LogP contribution in [0.25, 0.3) is 5.65 Å². The van der Waals surface area contributed by atoms with Crippen LogP contribution in [0.1, 0.15) is 87.4 Å². The van der Waals surface area contributed by atoms with Gasteiger partial charge >= 0.3 is 12.1 Å². The molecule has 4 aromatic rings. The van der Waals surface area contributed by atoms with Crippen LogP contribution in [0.5, 0.6) is 6.01 Å². The van der Waals surface area contributed by atoms with Gasteiger partial charge < -0.3 is 24.6 Å². The Morgan fingerprint density at radius 3 is 2.60 bits per heavy atom. The van der Waals surface area contributed by atoms with E-state index >= 15 is 4.48 Å². The quantitative estimate of drug-likeness (QED) is 0.150. The molecule has 1 N–H and O–H groups in total. The molecule has 2 aliphatic heterocycles. The minimum atomic E-state index is -0.915. The molecule has 1 atom stereocenters. The normalized spacial score (nSPS) is 15.8. The summed E-state index contributed by atoms with van der Waals surface area (Å²) in [6.45, 7) is 16.3. The van der Waals surface area contributed by atoms with Crippen molar-refractivity contribution in [2.75, 3.05) is 35.0 Å². The van der Waals surface area contributed by atoms with Gasteiger partial charge in [-0.1, -0.05) is 49.2 Å². The first-order chi connectivity index (χ1) is 24.7. The number of hydrogen-bond acceptors (Lipinski definition) is 9. The van der Waals surface area contributed by atoms with Crippen molar-refractivity contribution in [2.24, 2.45) is 0 Å². The van der Waals surface area contributed by atoms with Crippen molar-refractivity contribution in [3.8, 4) is 6.01 Å². The summed E-state index contributed by atoms with van der Waals surface area (Å²) >= 11 is 0. The lowest BCUT2D eigenvalue weighted by Gasteiger charge is -2.33. The molecular weight excluding hydrogens is 667 g/mol. The lowest BCUT2D eigenvalue weighted by molar-refractivity contribution is -0.117. The van der Waals surface area contributed by atoms with Gasteiger partial charge in [-0.3, -0.25) is 9.59 Å². The molecule has 52 heavy (non-hydrogen) atoms. The number of para-hydroxylation sites is 1. The molecule has 0 radical (unpaired) electrons. The molecule has 2 aromatic carbocycles. The predicted molar refractivity (Wildman–Crippen MR) is 195 cm³/mol. The van der Waals surface area contributed by atoms with Crippen LogP contribution in [0.4, 0.5) is 26.6 Å². The van der Waals surface area contributed by atoms with E-state index in [0.717, 1.165) is 29.5 Å². The zero-order valence-electron chi connectivity index (χ0n) is 30.5. The van der Waals surface area contributed by atoms with Crippen molar-refractivity contribution in [1.82, 2.24) is 24.5 Å². The van der Waals surface area contributed by atoms with E-state index in [0.29, 0.717) is 49.9 Å². The zero-order chi connectivity index (χ0) is 37.3. The number of carbonyl (C=O) groups is 3. The largest absolute Gasteiger partial charge is 0.458 e. The van der Waals surface area contributed by atoms with E-state index in [4.69, 9.17) is 19.4 Å². The van der Waals surface area contributed by atoms with Gasteiger partial charge in [-0.2, -0.15) is 19.6 Å². The maximum absolute atomic E-state index is 15.1. The van der Waals surface area contributed by atoms with Crippen LogP contribution >= 0.6 is 0 Å². The number of carbonyl (C=O) groups excluding carboxylic acids is 3. The molecular formula is C38H45FN8O5. The number of ether oxygens (including phenoxy) is 2. The van der Waals surface area contributed by atoms with Crippen LogP contribution in [-0.2, 0) is 22.5 Å². The highest BCUT2D eigenvalue weighted by atomic mass is 19.2. The third-order valence-corrected chi connectivity index (χ3v) is 8.99. The number of anilines is 3. The summed E-state index contributed by atoms with van der Waals surface area (Å²) in [5.74, 6) is -0.766. The minimum Gasteiger partial charge on any atom is -0.458 e. The van der Waals surface area contributed by atoms with Crippen LogP contribution in [0.2, 0.25) is 0 Å². The van der Waals surface area contributed by atoms with Crippen molar-refractivity contribution >= 4 is 40.9 Å². The third kappa shape index (κ3) is 7.55. The van der Waals surface area contributed by atoms with E-state index in [9.17, 15) is 14.4 Å². The van der Waals surface area contributed by atoms with Gasteiger partial charge in [0, 0.05) is 36.5 Å². The lowest BCUT2D eigenvalue weighted by Crippen LogP contribution is -2.46. The summed E-state index contributed by atoms with van der Waals surface area (Å²) in [6.07, 6.45) is 3.14. The molecule has 6 rings (SSSR count). The lowest BCUT2D eigenvalue weighted by atomic mass is 10.0. The number of nitrogens with one attached hydrogen (secondary N) is 1. The Balaban J connectivity index is 1.23. The number of halogens is 1. The standard InChI is InChI=1S/C38H45FN8O5/c1-23(2)29-21-41-47-32(29)42-36(51-26-13-11-18-44(22-26)37(50)52-38(5,6)7)43-35(47)40-20-25-12-10-16-30-27(25)17-19-45(30)34(49)28-14-8-9-15-31(28)46(39)33(48)24(3)4/h8-10,12,14-16,21,23,26H,3,11,13,17-20,22H2,1-2,4-7H3,(H,40,42,43)/t26-/m1/s1. The highest BCUT2D eigenvalue weighted by Crippen LogP contribution is 2.35. The number of nitrogens with zero attached hydrogens (tertiary/aromatic N) is 7. The molecule has 0 unspecified atom stereocenters. The van der Waals surface area contributed by atoms with Gasteiger partial charge in [-0.15, -0.1) is 5.12 Å². The molecule has 0 bridgehead atoms. The fraction of sp³-hybridized carbons (Fsp3) is 0.421. The molecule has 274 valence electrons. The van der Waals surface area contributed by atoms with Crippen LogP contribution in [0.3, 0.4) is 0 Å². The maximum atomic E-state index is 15.1. The number of amides is 3. The Labute approximate surface area is 302 Å². The Kier molecular flexibility index (Phi) is 10.2. The van der Waals surface area contributed by atoms with Gasteiger partial charge in [-0.05, 0) is 82.2 Å². The molecule has 0 aliphatic carbocycles. The first kappa shape index (κ1) is 36.3. The van der Waals surface area contributed by atoms with E-state index < -0.39 is 17.4 Å². The average Bonchev–Trinajstić information content (AvgIpc) is 3.74. The predicted octanol–water partition coefficient (Wildman–Crippen LogP) is 6.63. The van der Waals surface area contributed by atoms with E-state index in [-0.39, 0.29) is 46.1 Å². The Hall–Kier alpha value is -5.53. The van der Waals surface area contributed by atoms with Gasteiger partial charge in [0.2, 0.25) is 5.95 Å². The topological polar surface area (TPSA) is 135 Å². The van der Waals surface area contributed by atoms with Gasteiger partial charge in [-0.25, -0.2) is 4.79 Å². The average molecular weight is 713 g/mol. The molecule has 1 saturated heterocycles. The fourth-order valence-corrected chi connectivity index (χ4v) is 6.43. The second-order valence-electron chi connectivity index (χ2n) is 14.5. The summed E-state index contributed by atoms with van der Waals surface area (Å²) in [7, 11) is 0. The first-order valence-corrected chi connectivity index (χ1v) is 17.5. The summed E-state index contributed by atoms with van der Waals surface area (Å²) in [6, 6.07) is 12.0. The third-order valence-electron chi connectivity index (χ3n) is 8.99. The Morgan fingerprint density at radius 2 is 1.87 bits per heavy atom. The van der Waals surface area contributed by atoms with Crippen molar-refractivity contribution < 1.29 is 28.3 Å². The number of benzene rings is 2. The van der Waals surface area contributed by atoms with Gasteiger partial charge in [0.05, 0.1) is 24.0 Å². The molecule has 13 nitrogen and oxygen atoms in total. The van der Waals surface area contributed by atoms with E-state index in [1.165, 1.54) is 19.1 Å². The fourth-order valence-electron chi connectivity index (χ4n) is 6.43. The minimum absolute atomic E-state index is 0.0161. The van der Waals surface area contributed by atoms with Crippen LogP contribution < -0.4 is 20.1 Å². The highest BCUT2D eigenvalue weighted by Gasteiger charge is 2.32. The molecule has 2 aliphatic rings. The van der Waals surface area contributed by atoms with E-state index in [1.54, 1.807) is 32.6 Å². The molecule has 0 saturated carbocycles. The SMILES string of the molecule is C=C(C)C(=O)N(F)c1ccccc1C(=O)N1CCc2c(CNc3nc(O[C@@H]4CCCN(C(=O)OC(C)(C)C)C4)nc4c(C(C)C)cnn34)cccc21. The molecule has 3 amide bonds. The number of aromatic nitrogens is 4. The van der Waals surface area contributed by atoms with Crippen LogP contribution in [0, 0.1) is 0 Å². The summed E-state index contributed by atoms with van der Waals surface area (Å²) in [5, 5.41) is 7.97. The van der Waals surface area contributed by atoms with Crippen molar-refractivity contribution in [2.45, 2.75) is 85.0 Å². The smallest absolute Gasteiger partial charge is 0.410 e. The molecule has 14 heteroatoms. The summed E-state index contributed by atoms with van der Waals surface area (Å²) < 4.78 is 28.7. The second-order valence-corrected chi connectivity index (χ2v) is 14.5. The molecule has 1 fully saturated rings. The number of piperidine rings is 1. The monoisotopic (exact) mass is 712 g/mol. The summed E-state index contributed by atoms with van der Waals surface area (Å²) in [4.78, 5) is 51.7. The second kappa shape index (κ2) is 14.6. The van der Waals surface area contributed by atoms with Crippen LogP contribution in [-0.4, -0.2) is 73.7 Å².